The average Bonchev–Trinajstić information content (AvgIpc) is 1.33. The van der Waals surface area contributed by atoms with Gasteiger partial charge in [-0.25, -0.2) is 0 Å². The Bertz CT molecular complexity index is 64.8. The third-order valence-corrected chi connectivity index (χ3v) is 0. The van der Waals surface area contributed by atoms with Crippen molar-refractivity contribution in [1.82, 2.24) is 0 Å². The molecular weight excluding hydrogens is 169 g/mol. The number of rotatable bonds is 0. The second-order valence-electron chi connectivity index (χ2n) is 0.628. The van der Waals surface area contributed by atoms with Gasteiger partial charge in [-0.3, -0.25) is 4.79 Å². The van der Waals surface area contributed by atoms with Crippen molar-refractivity contribution < 1.29 is 60.7 Å². The van der Waals surface area contributed by atoms with Crippen molar-refractivity contribution in [1.29, 1.82) is 0 Å². The van der Waals surface area contributed by atoms with Crippen LogP contribution in [-0.2, 0) is 9.59 Å². The zero-order valence-corrected chi connectivity index (χ0v) is 8.38. The quantitative estimate of drug-likeness (QED) is 0.288. The predicted octanol–water partition coefficient (Wildman–Crippen LogP) is -7.61. The van der Waals surface area contributed by atoms with Crippen LogP contribution in [0.15, 0.2) is 0 Å². The number of carboxylic acids is 1. The van der Waals surface area contributed by atoms with Crippen LogP contribution < -0.4 is 40.4 Å². The zero-order valence-electron chi connectivity index (χ0n) is 6.38. The predicted molar refractivity (Wildman–Crippen MR) is 31.8 cm³/mol. The number of aliphatic carboxylic acids is 1. The first-order chi connectivity index (χ1) is 3.15. The molecule has 0 saturated carbocycles. The fourth-order valence-electron chi connectivity index (χ4n) is 0. The molecule has 0 spiro atoms. The largest absolute Gasteiger partial charge is 1.00 e. The van der Waals surface area contributed by atoms with Crippen molar-refractivity contribution in [2.75, 3.05) is 0 Å². The van der Waals surface area contributed by atoms with E-state index in [1.54, 1.807) is 0 Å². The molecule has 0 saturated heterocycles. The first-order valence-electron chi connectivity index (χ1n) is 1.48. The minimum atomic E-state index is -1.08. The number of hydrogen-bond acceptors (Lipinski definition) is 3. The summed E-state index contributed by atoms with van der Waals surface area (Å²) >= 11 is 0. The Balaban J connectivity index is -0.00000000848. The van der Waals surface area contributed by atoms with Gasteiger partial charge in [0, 0.05) is 5.97 Å². The Labute approximate surface area is 85.8 Å². The standard InChI is InChI=1S/C2H4O2.CH3NO.Na.3H2O/c1-2(3)4;2-1-3;;;;/h1H3,(H,3,4);1H,(H2,2,3);;3*1H2/q;;+1;;;/p-1. The number of nitrogens with two attached hydrogens (primary N) is 1. The van der Waals surface area contributed by atoms with E-state index >= 15 is 0 Å². The monoisotopic (exact) mass is 181 g/mol. The fourth-order valence-corrected chi connectivity index (χ4v) is 0. The Morgan fingerprint density at radius 1 is 1.36 bits per heavy atom. The molecule has 0 rings (SSSR count). The second kappa shape index (κ2) is 52.4. The van der Waals surface area contributed by atoms with Gasteiger partial charge < -0.3 is 32.1 Å². The summed E-state index contributed by atoms with van der Waals surface area (Å²) < 4.78 is 0. The van der Waals surface area contributed by atoms with E-state index in [9.17, 15) is 0 Å². The molecular formula is C3H12NNaO6. The van der Waals surface area contributed by atoms with Crippen LogP contribution in [0.2, 0.25) is 0 Å². The molecule has 0 aromatic rings. The van der Waals surface area contributed by atoms with E-state index in [1.807, 2.05) is 0 Å². The summed E-state index contributed by atoms with van der Waals surface area (Å²) in [7, 11) is 0. The molecule has 0 aromatic heterocycles. The van der Waals surface area contributed by atoms with Crippen LogP contribution in [0.5, 0.6) is 0 Å². The summed E-state index contributed by atoms with van der Waals surface area (Å²) in [6, 6.07) is 0. The van der Waals surface area contributed by atoms with E-state index in [2.05, 4.69) is 5.73 Å². The minimum absolute atomic E-state index is 0. The molecule has 66 valence electrons. The summed E-state index contributed by atoms with van der Waals surface area (Å²) in [6.07, 6.45) is 0.250. The van der Waals surface area contributed by atoms with Gasteiger partial charge in [-0.2, -0.15) is 0 Å². The van der Waals surface area contributed by atoms with Gasteiger partial charge in [-0.1, -0.05) is 0 Å². The fraction of sp³-hybridized carbons (Fsp3) is 0.333. The number of carboxylic acid groups (broad SMARTS) is 1. The number of carbonyl (C=O) groups excluding carboxylic acids is 2. The van der Waals surface area contributed by atoms with Crippen molar-refractivity contribution in [2.45, 2.75) is 6.92 Å². The van der Waals surface area contributed by atoms with Gasteiger partial charge in [-0.15, -0.1) is 0 Å². The third kappa shape index (κ3) is 18500. The minimum Gasteiger partial charge on any atom is -0.550 e. The number of hydrogen-bond donors (Lipinski definition) is 1. The molecule has 0 aliphatic carbocycles. The molecule has 0 bridgehead atoms. The summed E-state index contributed by atoms with van der Waals surface area (Å²) in [4.78, 5) is 17.5. The molecule has 0 unspecified atom stereocenters. The van der Waals surface area contributed by atoms with Crippen molar-refractivity contribution in [3.05, 3.63) is 0 Å². The van der Waals surface area contributed by atoms with Crippen LogP contribution in [0.4, 0.5) is 0 Å². The van der Waals surface area contributed by atoms with Crippen LogP contribution in [0.1, 0.15) is 6.92 Å². The Hall–Kier alpha value is -0.180. The summed E-state index contributed by atoms with van der Waals surface area (Å²) in [5.41, 5.74) is 4.17. The molecule has 7 nitrogen and oxygen atoms in total. The zero-order chi connectivity index (χ0) is 6.28. The normalized spacial score (nSPS) is 3.36. The van der Waals surface area contributed by atoms with Gasteiger partial charge >= 0.3 is 29.6 Å². The van der Waals surface area contributed by atoms with Crippen LogP contribution >= 0.6 is 0 Å². The maximum absolute atomic E-state index is 8.89. The Morgan fingerprint density at radius 3 is 1.36 bits per heavy atom. The Morgan fingerprint density at radius 2 is 1.36 bits per heavy atom. The van der Waals surface area contributed by atoms with Gasteiger partial charge in [0.1, 0.15) is 0 Å². The molecule has 0 atom stereocenters. The van der Waals surface area contributed by atoms with Crippen molar-refractivity contribution in [3.8, 4) is 0 Å². The smallest absolute Gasteiger partial charge is 0.550 e. The molecule has 0 fully saturated rings. The van der Waals surface area contributed by atoms with E-state index in [1.165, 1.54) is 0 Å². The molecule has 8 N–H and O–H groups in total. The van der Waals surface area contributed by atoms with Gasteiger partial charge in [0.15, 0.2) is 0 Å². The van der Waals surface area contributed by atoms with Crippen LogP contribution in [-0.4, -0.2) is 28.8 Å². The van der Waals surface area contributed by atoms with E-state index in [4.69, 9.17) is 14.7 Å². The summed E-state index contributed by atoms with van der Waals surface area (Å²) in [5, 5.41) is 8.89. The van der Waals surface area contributed by atoms with Crippen molar-refractivity contribution in [2.24, 2.45) is 5.73 Å². The van der Waals surface area contributed by atoms with Crippen LogP contribution in [0.25, 0.3) is 0 Å². The van der Waals surface area contributed by atoms with Crippen LogP contribution in [0, 0.1) is 0 Å². The first-order valence-corrected chi connectivity index (χ1v) is 1.48. The van der Waals surface area contributed by atoms with E-state index in [0.29, 0.717) is 0 Å². The molecule has 0 aliphatic rings. The molecule has 0 aromatic carbocycles. The van der Waals surface area contributed by atoms with Gasteiger partial charge in [0.05, 0.1) is 0 Å². The van der Waals surface area contributed by atoms with Gasteiger partial charge in [0.2, 0.25) is 6.41 Å². The van der Waals surface area contributed by atoms with Gasteiger partial charge in [0.25, 0.3) is 0 Å². The summed E-state index contributed by atoms with van der Waals surface area (Å²) in [5.74, 6) is -1.08. The maximum atomic E-state index is 8.89. The van der Waals surface area contributed by atoms with Crippen LogP contribution in [0.3, 0.4) is 0 Å². The van der Waals surface area contributed by atoms with E-state index in [0.717, 1.165) is 6.92 Å². The topological polar surface area (TPSA) is 178 Å². The SMILES string of the molecule is CC(=O)[O-].NC=O.O.O.O.[Na+]. The Kier molecular flexibility index (Phi) is 214. The van der Waals surface area contributed by atoms with Gasteiger partial charge in [-0.05, 0) is 6.92 Å². The third-order valence-electron chi connectivity index (χ3n) is 0. The second-order valence-corrected chi connectivity index (χ2v) is 0.628. The molecule has 1 amide bonds. The number of amides is 1. The molecule has 0 aliphatic heterocycles. The average molecular weight is 181 g/mol. The first kappa shape index (κ1) is 44.9. The molecule has 0 heterocycles. The molecule has 0 radical (unpaired) electrons. The molecule has 8 heteroatoms. The maximum Gasteiger partial charge on any atom is 1.00 e. The molecule has 11 heavy (non-hydrogen) atoms. The van der Waals surface area contributed by atoms with Crippen molar-refractivity contribution in [3.63, 3.8) is 0 Å². The van der Waals surface area contributed by atoms with Crippen molar-refractivity contribution >= 4 is 12.4 Å². The summed E-state index contributed by atoms with van der Waals surface area (Å²) in [6.45, 7) is 0.972. The number of primary amides is 1. The van der Waals surface area contributed by atoms with E-state index < -0.39 is 5.97 Å². The number of carbonyl (C=O) groups is 2. The van der Waals surface area contributed by atoms with E-state index in [-0.39, 0.29) is 52.4 Å².